The maximum Gasteiger partial charge on any atom is 0.163 e. The highest BCUT2D eigenvalue weighted by Gasteiger charge is 2.23. The van der Waals surface area contributed by atoms with Gasteiger partial charge in [0.05, 0.1) is 5.56 Å². The van der Waals surface area contributed by atoms with E-state index in [4.69, 9.17) is 4.42 Å². The second-order valence-corrected chi connectivity index (χ2v) is 6.58. The monoisotopic (exact) mass is 320 g/mol. The average Bonchev–Trinajstić information content (AvgIpc) is 2.99. The third-order valence-corrected chi connectivity index (χ3v) is 4.77. The van der Waals surface area contributed by atoms with Gasteiger partial charge in [0.1, 0.15) is 11.5 Å². The van der Waals surface area contributed by atoms with E-state index >= 15 is 0 Å². The van der Waals surface area contributed by atoms with Crippen LogP contribution in [0.5, 0.6) is 0 Å². The van der Waals surface area contributed by atoms with Crippen LogP contribution < -0.4 is 0 Å². The molecule has 2 aromatic rings. The van der Waals surface area contributed by atoms with Crippen LogP contribution in [0.15, 0.2) is 46.5 Å². The summed E-state index contributed by atoms with van der Waals surface area (Å²) in [5, 5.41) is 0. The molecule has 1 heterocycles. The van der Waals surface area contributed by atoms with Gasteiger partial charge in [-0.2, -0.15) is 0 Å². The highest BCUT2D eigenvalue weighted by Crippen LogP contribution is 2.36. The summed E-state index contributed by atoms with van der Waals surface area (Å²) in [6.07, 6.45) is 8.17. The first-order chi connectivity index (χ1) is 11.6. The Morgan fingerprint density at radius 2 is 1.88 bits per heavy atom. The normalized spacial score (nSPS) is 14.9. The Morgan fingerprint density at radius 1 is 1.17 bits per heavy atom. The van der Waals surface area contributed by atoms with Crippen molar-refractivity contribution < 1.29 is 9.21 Å². The van der Waals surface area contributed by atoms with Crippen LogP contribution in [-0.4, -0.2) is 5.78 Å². The minimum Gasteiger partial charge on any atom is -0.460 e. The van der Waals surface area contributed by atoms with E-state index in [1.807, 2.05) is 37.3 Å². The minimum absolute atomic E-state index is 0.0533. The Bertz CT molecular complexity index is 768. The number of rotatable bonds is 4. The third kappa shape index (κ3) is 3.77. The molecule has 1 fully saturated rings. The topological polar surface area (TPSA) is 30.2 Å². The van der Waals surface area contributed by atoms with Crippen molar-refractivity contribution >= 4 is 17.4 Å². The number of aryl methyl sites for hydroxylation is 1. The SMILES string of the molecule is CC(=O)c1cc(C(=C=Cc2ccccc2)C2CCCCC2)oc1C. The molecule has 0 aliphatic heterocycles. The molecule has 0 saturated heterocycles. The first-order valence-electron chi connectivity index (χ1n) is 8.78. The molecule has 0 unspecified atom stereocenters. The van der Waals surface area contributed by atoms with Crippen LogP contribution >= 0.6 is 0 Å². The zero-order valence-electron chi connectivity index (χ0n) is 14.5. The molecule has 1 aromatic heterocycles. The molecule has 0 amide bonds. The van der Waals surface area contributed by atoms with Crippen molar-refractivity contribution in [3.8, 4) is 0 Å². The zero-order valence-corrected chi connectivity index (χ0v) is 14.5. The number of ketones is 1. The molecule has 0 N–H and O–H groups in total. The van der Waals surface area contributed by atoms with Crippen molar-refractivity contribution in [3.63, 3.8) is 0 Å². The summed E-state index contributed by atoms with van der Waals surface area (Å²) in [4.78, 5) is 11.8. The van der Waals surface area contributed by atoms with Crippen molar-refractivity contribution in [2.45, 2.75) is 46.0 Å². The largest absolute Gasteiger partial charge is 0.460 e. The van der Waals surface area contributed by atoms with Crippen molar-refractivity contribution in [2.75, 3.05) is 0 Å². The molecular weight excluding hydrogens is 296 g/mol. The van der Waals surface area contributed by atoms with E-state index < -0.39 is 0 Å². The van der Waals surface area contributed by atoms with Crippen molar-refractivity contribution in [1.29, 1.82) is 0 Å². The van der Waals surface area contributed by atoms with Gasteiger partial charge in [0, 0.05) is 5.57 Å². The van der Waals surface area contributed by atoms with Gasteiger partial charge in [0.2, 0.25) is 0 Å². The Labute approximate surface area is 143 Å². The number of benzene rings is 1. The van der Waals surface area contributed by atoms with Gasteiger partial charge in [0.25, 0.3) is 0 Å². The molecule has 2 nitrogen and oxygen atoms in total. The van der Waals surface area contributed by atoms with Crippen molar-refractivity contribution in [2.24, 2.45) is 5.92 Å². The fraction of sp³-hybridized carbons (Fsp3) is 0.364. The predicted molar refractivity (Wildman–Crippen MR) is 97.9 cm³/mol. The number of allylic oxidation sites excluding steroid dienone is 1. The van der Waals surface area contributed by atoms with Crippen molar-refractivity contribution in [3.05, 3.63) is 64.8 Å². The van der Waals surface area contributed by atoms with Crippen LogP contribution in [0.4, 0.5) is 0 Å². The van der Waals surface area contributed by atoms with Crippen LogP contribution in [-0.2, 0) is 0 Å². The Kier molecular flexibility index (Phi) is 5.17. The lowest BCUT2D eigenvalue weighted by molar-refractivity contribution is 0.101. The molecule has 24 heavy (non-hydrogen) atoms. The fourth-order valence-corrected chi connectivity index (χ4v) is 3.46. The Hall–Kier alpha value is -2.31. The highest BCUT2D eigenvalue weighted by atomic mass is 16.3. The summed E-state index contributed by atoms with van der Waals surface area (Å²) in [7, 11) is 0. The predicted octanol–water partition coefficient (Wildman–Crippen LogP) is 6.07. The molecule has 2 heteroatoms. The molecule has 1 aliphatic carbocycles. The Balaban J connectivity index is 2.03. The van der Waals surface area contributed by atoms with Gasteiger partial charge in [0.15, 0.2) is 5.78 Å². The second kappa shape index (κ2) is 7.51. The summed E-state index contributed by atoms with van der Waals surface area (Å²) < 4.78 is 5.94. The lowest BCUT2D eigenvalue weighted by Gasteiger charge is -2.22. The van der Waals surface area contributed by atoms with E-state index in [0.29, 0.717) is 17.2 Å². The standard InChI is InChI=1S/C22H24O2/c1-16(23)21-15-22(24-17(21)2)20(19-11-7-4-8-12-19)14-13-18-9-5-3-6-10-18/h3,5-6,9-10,13,15,19H,4,7-8,11-12H2,1-2H3. The van der Waals surface area contributed by atoms with Crippen LogP contribution in [0, 0.1) is 12.8 Å². The first-order valence-corrected chi connectivity index (χ1v) is 8.78. The van der Waals surface area contributed by atoms with Crippen LogP contribution in [0.25, 0.3) is 11.6 Å². The number of furan rings is 1. The van der Waals surface area contributed by atoms with Crippen LogP contribution in [0.3, 0.4) is 0 Å². The van der Waals surface area contributed by atoms with Gasteiger partial charge in [-0.05, 0) is 50.3 Å². The van der Waals surface area contributed by atoms with Gasteiger partial charge in [-0.15, -0.1) is 5.73 Å². The molecule has 1 saturated carbocycles. The van der Waals surface area contributed by atoms with E-state index in [-0.39, 0.29) is 5.78 Å². The van der Waals surface area contributed by atoms with Gasteiger partial charge >= 0.3 is 0 Å². The number of carbonyl (C=O) groups excluding carboxylic acids is 1. The average molecular weight is 320 g/mol. The first kappa shape index (κ1) is 16.5. The molecule has 1 aromatic carbocycles. The lowest BCUT2D eigenvalue weighted by Crippen LogP contribution is -2.07. The maximum atomic E-state index is 11.8. The smallest absolute Gasteiger partial charge is 0.163 e. The van der Waals surface area contributed by atoms with Gasteiger partial charge in [-0.1, -0.05) is 49.6 Å². The summed E-state index contributed by atoms with van der Waals surface area (Å²) >= 11 is 0. The van der Waals surface area contributed by atoms with Crippen LogP contribution in [0.2, 0.25) is 0 Å². The molecule has 1 aliphatic rings. The highest BCUT2D eigenvalue weighted by molar-refractivity contribution is 5.95. The molecule has 0 radical (unpaired) electrons. The van der Waals surface area contributed by atoms with E-state index in [1.165, 1.54) is 32.1 Å². The van der Waals surface area contributed by atoms with Crippen molar-refractivity contribution in [1.82, 2.24) is 0 Å². The van der Waals surface area contributed by atoms with Gasteiger partial charge in [-0.3, -0.25) is 4.79 Å². The molecule has 3 rings (SSSR count). The van der Waals surface area contributed by atoms with E-state index in [9.17, 15) is 4.79 Å². The quantitative estimate of drug-likeness (QED) is 0.506. The molecular formula is C22H24O2. The number of carbonyl (C=O) groups is 1. The number of Topliss-reactive ketones (excluding diaryl/α,β-unsaturated/α-hetero) is 1. The fourth-order valence-electron chi connectivity index (χ4n) is 3.46. The van der Waals surface area contributed by atoms with Gasteiger partial charge < -0.3 is 4.42 Å². The summed E-state index contributed by atoms with van der Waals surface area (Å²) in [6, 6.07) is 12.1. The van der Waals surface area contributed by atoms with Crippen LogP contribution in [0.1, 0.15) is 66.5 Å². The minimum atomic E-state index is 0.0533. The zero-order chi connectivity index (χ0) is 16.9. The molecule has 0 atom stereocenters. The Morgan fingerprint density at radius 3 is 2.50 bits per heavy atom. The van der Waals surface area contributed by atoms with Gasteiger partial charge in [-0.25, -0.2) is 0 Å². The van der Waals surface area contributed by atoms with E-state index in [1.54, 1.807) is 6.92 Å². The summed E-state index contributed by atoms with van der Waals surface area (Å²) in [6.45, 7) is 3.45. The number of hydrogen-bond acceptors (Lipinski definition) is 2. The maximum absolute atomic E-state index is 11.8. The summed E-state index contributed by atoms with van der Waals surface area (Å²) in [5.74, 6) is 2.02. The molecule has 0 spiro atoms. The second-order valence-electron chi connectivity index (χ2n) is 6.58. The lowest BCUT2D eigenvalue weighted by atomic mass is 9.83. The number of hydrogen-bond donors (Lipinski definition) is 0. The third-order valence-electron chi connectivity index (χ3n) is 4.77. The summed E-state index contributed by atoms with van der Waals surface area (Å²) in [5.41, 5.74) is 6.40. The molecule has 124 valence electrons. The van der Waals surface area contributed by atoms with E-state index in [0.717, 1.165) is 16.9 Å². The molecule has 0 bridgehead atoms. The van der Waals surface area contributed by atoms with E-state index in [2.05, 4.69) is 17.9 Å².